The second-order valence-corrected chi connectivity index (χ2v) is 7.89. The summed E-state index contributed by atoms with van der Waals surface area (Å²) in [5.74, 6) is -0.524. The number of benzene rings is 2. The molecule has 2 aromatic heterocycles. The minimum Gasteiger partial charge on any atom is -0.495 e. The van der Waals surface area contributed by atoms with Crippen LogP contribution in [-0.4, -0.2) is 37.6 Å². The molecule has 2 heterocycles. The normalized spacial score (nSPS) is 11.6. The van der Waals surface area contributed by atoms with Crippen LogP contribution in [-0.2, 0) is 16.6 Å². The average Bonchev–Trinajstić information content (AvgIpc) is 3.38. The molecule has 0 bridgehead atoms. The first kappa shape index (κ1) is 19.7. The lowest BCUT2D eigenvalue weighted by Gasteiger charge is -2.13. The quantitative estimate of drug-likeness (QED) is 0.478. The van der Waals surface area contributed by atoms with Gasteiger partial charge in [-0.05, 0) is 30.3 Å². The van der Waals surface area contributed by atoms with Gasteiger partial charge in [0, 0.05) is 18.0 Å². The van der Waals surface area contributed by atoms with Crippen LogP contribution < -0.4 is 14.2 Å². The SMILES string of the molecule is COc1cccc(OC)c1S(=O)(=O)Nc1noc2cc(Cn3cccn3)c(F)cc12. The molecule has 0 radical (unpaired) electrons. The summed E-state index contributed by atoms with van der Waals surface area (Å²) in [4.78, 5) is -0.207. The number of nitrogens with one attached hydrogen (secondary N) is 1. The predicted octanol–water partition coefficient (Wildman–Crippen LogP) is 3.03. The Morgan fingerprint density at radius 2 is 1.90 bits per heavy atom. The number of aromatic nitrogens is 3. The van der Waals surface area contributed by atoms with Gasteiger partial charge in [-0.1, -0.05) is 11.2 Å². The second kappa shape index (κ2) is 7.67. The van der Waals surface area contributed by atoms with Crippen LogP contribution in [0.3, 0.4) is 0 Å². The number of anilines is 1. The van der Waals surface area contributed by atoms with Gasteiger partial charge >= 0.3 is 0 Å². The Kier molecular flexibility index (Phi) is 5.04. The first-order valence-electron chi connectivity index (χ1n) is 8.72. The van der Waals surface area contributed by atoms with Crippen LogP contribution in [0.15, 0.2) is 58.2 Å². The van der Waals surface area contributed by atoms with Crippen molar-refractivity contribution < 1.29 is 26.8 Å². The summed E-state index contributed by atoms with van der Waals surface area (Å²) in [6.45, 7) is 0.189. The van der Waals surface area contributed by atoms with Crippen molar-refractivity contribution in [3.05, 3.63) is 60.2 Å². The third kappa shape index (κ3) is 3.54. The largest absolute Gasteiger partial charge is 0.495 e. The van der Waals surface area contributed by atoms with Crippen LogP contribution in [0.1, 0.15) is 5.56 Å². The molecule has 2 aromatic carbocycles. The fraction of sp³-hybridized carbons (Fsp3) is 0.158. The van der Waals surface area contributed by atoms with Crippen LogP contribution in [0.25, 0.3) is 11.0 Å². The molecule has 0 amide bonds. The molecule has 0 saturated carbocycles. The minimum atomic E-state index is -4.18. The second-order valence-electron chi connectivity index (χ2n) is 6.27. The number of halogens is 1. The van der Waals surface area contributed by atoms with E-state index in [2.05, 4.69) is 15.0 Å². The van der Waals surface area contributed by atoms with Gasteiger partial charge in [0.2, 0.25) is 0 Å². The van der Waals surface area contributed by atoms with Gasteiger partial charge in [0.1, 0.15) is 17.3 Å². The van der Waals surface area contributed by atoms with E-state index in [0.29, 0.717) is 5.56 Å². The Balaban J connectivity index is 1.72. The van der Waals surface area contributed by atoms with Crippen LogP contribution in [0.2, 0.25) is 0 Å². The van der Waals surface area contributed by atoms with Crippen molar-refractivity contribution in [1.29, 1.82) is 0 Å². The molecule has 4 aromatic rings. The molecular formula is C19H17FN4O5S. The van der Waals surface area contributed by atoms with Crippen molar-refractivity contribution in [3.63, 3.8) is 0 Å². The van der Waals surface area contributed by atoms with E-state index in [-0.39, 0.29) is 39.7 Å². The van der Waals surface area contributed by atoms with Crippen molar-refractivity contribution in [1.82, 2.24) is 14.9 Å². The molecule has 156 valence electrons. The van der Waals surface area contributed by atoms with Gasteiger partial charge in [-0.25, -0.2) is 12.8 Å². The van der Waals surface area contributed by atoms with E-state index in [9.17, 15) is 12.8 Å². The van der Waals surface area contributed by atoms with Crippen LogP contribution in [0, 0.1) is 5.82 Å². The van der Waals surface area contributed by atoms with E-state index in [1.54, 1.807) is 29.2 Å². The molecule has 0 fully saturated rings. The monoisotopic (exact) mass is 432 g/mol. The zero-order valence-corrected chi connectivity index (χ0v) is 16.8. The Bertz CT molecular complexity index is 1280. The molecule has 0 aliphatic carbocycles. The molecule has 1 N–H and O–H groups in total. The summed E-state index contributed by atoms with van der Waals surface area (Å²) in [6, 6.07) is 8.92. The molecule has 0 aliphatic heterocycles. The van der Waals surface area contributed by atoms with Crippen molar-refractivity contribution in [2.75, 3.05) is 18.9 Å². The Labute approximate surface area is 171 Å². The summed E-state index contributed by atoms with van der Waals surface area (Å²) >= 11 is 0. The van der Waals surface area contributed by atoms with E-state index in [0.717, 1.165) is 0 Å². The van der Waals surface area contributed by atoms with Crippen molar-refractivity contribution in [2.45, 2.75) is 11.4 Å². The van der Waals surface area contributed by atoms with Crippen LogP contribution >= 0.6 is 0 Å². The molecule has 0 unspecified atom stereocenters. The number of nitrogens with zero attached hydrogens (tertiary/aromatic N) is 3. The predicted molar refractivity (Wildman–Crippen MR) is 106 cm³/mol. The molecule has 0 saturated heterocycles. The first-order valence-corrected chi connectivity index (χ1v) is 10.2. The highest BCUT2D eigenvalue weighted by molar-refractivity contribution is 7.93. The fourth-order valence-electron chi connectivity index (χ4n) is 3.02. The highest BCUT2D eigenvalue weighted by Gasteiger charge is 2.27. The number of methoxy groups -OCH3 is 2. The maximum atomic E-state index is 14.6. The number of fused-ring (bicyclic) bond motifs is 1. The van der Waals surface area contributed by atoms with E-state index in [1.165, 1.54) is 38.5 Å². The smallest absolute Gasteiger partial charge is 0.270 e. The summed E-state index contributed by atoms with van der Waals surface area (Å²) in [5.41, 5.74) is 0.548. The molecule has 11 heteroatoms. The molecular weight excluding hydrogens is 415 g/mol. The van der Waals surface area contributed by atoms with Gasteiger partial charge in [0.15, 0.2) is 16.3 Å². The van der Waals surface area contributed by atoms with Gasteiger partial charge < -0.3 is 14.0 Å². The van der Waals surface area contributed by atoms with Gasteiger partial charge in [0.25, 0.3) is 10.0 Å². The maximum Gasteiger partial charge on any atom is 0.270 e. The number of ether oxygens (including phenoxy) is 2. The van der Waals surface area contributed by atoms with E-state index in [1.807, 2.05) is 0 Å². The molecule has 4 rings (SSSR count). The highest BCUT2D eigenvalue weighted by atomic mass is 32.2. The van der Waals surface area contributed by atoms with E-state index in [4.69, 9.17) is 14.0 Å². The number of rotatable bonds is 7. The van der Waals surface area contributed by atoms with Crippen molar-refractivity contribution in [2.24, 2.45) is 0 Å². The van der Waals surface area contributed by atoms with Crippen LogP contribution in [0.4, 0.5) is 10.2 Å². The lowest BCUT2D eigenvalue weighted by atomic mass is 10.1. The fourth-order valence-corrected chi connectivity index (χ4v) is 4.36. The number of hydrogen-bond acceptors (Lipinski definition) is 7. The lowest BCUT2D eigenvalue weighted by molar-refractivity contribution is 0.373. The van der Waals surface area contributed by atoms with Crippen LogP contribution in [0.5, 0.6) is 11.5 Å². The summed E-state index contributed by atoms with van der Waals surface area (Å²) in [6.07, 6.45) is 3.29. The Morgan fingerprint density at radius 3 is 2.53 bits per heavy atom. The van der Waals surface area contributed by atoms with Crippen molar-refractivity contribution >= 4 is 26.8 Å². The third-order valence-electron chi connectivity index (χ3n) is 4.41. The van der Waals surface area contributed by atoms with Gasteiger partial charge in [-0.15, -0.1) is 0 Å². The number of hydrogen-bond donors (Lipinski definition) is 1. The van der Waals surface area contributed by atoms with E-state index < -0.39 is 15.8 Å². The van der Waals surface area contributed by atoms with Crippen molar-refractivity contribution in [3.8, 4) is 11.5 Å². The van der Waals surface area contributed by atoms with Gasteiger partial charge in [0.05, 0.1) is 26.2 Å². The van der Waals surface area contributed by atoms with Gasteiger partial charge in [-0.3, -0.25) is 9.40 Å². The highest BCUT2D eigenvalue weighted by Crippen LogP contribution is 2.35. The Morgan fingerprint density at radius 1 is 1.17 bits per heavy atom. The average molecular weight is 432 g/mol. The number of sulfonamides is 1. The Hall–Kier alpha value is -3.60. The standard InChI is InChI=1S/C19H17FN4O5S/c1-27-15-5-3-6-16(28-2)18(15)30(25,26)23-19-13-10-14(20)12(9-17(13)29-22-19)11-24-8-4-7-21-24/h3-10H,11H2,1-2H3,(H,22,23). The first-order chi connectivity index (χ1) is 14.4. The summed E-state index contributed by atoms with van der Waals surface area (Å²) in [5, 5.41) is 7.98. The summed E-state index contributed by atoms with van der Waals surface area (Å²) in [7, 11) is -1.50. The zero-order chi connectivity index (χ0) is 21.3. The third-order valence-corrected chi connectivity index (χ3v) is 5.81. The molecule has 0 atom stereocenters. The molecule has 0 aliphatic rings. The zero-order valence-electron chi connectivity index (χ0n) is 16.0. The summed E-state index contributed by atoms with van der Waals surface area (Å²) < 4.78 is 60.1. The van der Waals surface area contributed by atoms with E-state index >= 15 is 0 Å². The molecule has 30 heavy (non-hydrogen) atoms. The lowest BCUT2D eigenvalue weighted by Crippen LogP contribution is -2.15. The molecule has 9 nitrogen and oxygen atoms in total. The maximum absolute atomic E-state index is 14.6. The van der Waals surface area contributed by atoms with Gasteiger partial charge in [-0.2, -0.15) is 5.10 Å². The molecule has 0 spiro atoms. The minimum absolute atomic E-state index is 0.0855. The topological polar surface area (TPSA) is 108 Å².